The standard InChI is InChI=1S/C22H22ClF3O3/c1-12(2)19(21(27)28)15-9-17(14-5-7-16(8-6-14)22(24,25)26)20(18(23)10-15)29-11-13-3-4-13/h5-10,12-13,19H,3-4,11H2,1-2H3,(H,27,28). The van der Waals surface area contributed by atoms with Gasteiger partial charge in [-0.25, -0.2) is 0 Å². The van der Waals surface area contributed by atoms with Crippen LogP contribution in [-0.4, -0.2) is 17.7 Å². The van der Waals surface area contributed by atoms with E-state index in [4.69, 9.17) is 16.3 Å². The lowest BCUT2D eigenvalue weighted by atomic mass is 9.86. The first-order chi connectivity index (χ1) is 13.6. The molecule has 0 aromatic heterocycles. The molecule has 7 heteroatoms. The lowest BCUT2D eigenvalue weighted by molar-refractivity contribution is -0.140. The molecule has 1 aliphatic rings. The monoisotopic (exact) mass is 426 g/mol. The summed E-state index contributed by atoms with van der Waals surface area (Å²) in [4.78, 5) is 11.8. The fraction of sp³-hybridized carbons (Fsp3) is 0.409. The first-order valence-corrected chi connectivity index (χ1v) is 9.82. The van der Waals surface area contributed by atoms with Gasteiger partial charge in [-0.1, -0.05) is 37.6 Å². The number of hydrogen-bond donors (Lipinski definition) is 1. The predicted molar refractivity (Wildman–Crippen MR) is 105 cm³/mol. The zero-order valence-electron chi connectivity index (χ0n) is 16.1. The van der Waals surface area contributed by atoms with Gasteiger partial charge in [0.15, 0.2) is 0 Å². The highest BCUT2D eigenvalue weighted by Crippen LogP contribution is 2.42. The van der Waals surface area contributed by atoms with Crippen molar-refractivity contribution >= 4 is 17.6 Å². The van der Waals surface area contributed by atoms with Gasteiger partial charge in [-0.3, -0.25) is 4.79 Å². The number of alkyl halides is 3. The molecule has 156 valence electrons. The Hall–Kier alpha value is -2.21. The van der Waals surface area contributed by atoms with Crippen LogP contribution in [0.5, 0.6) is 5.75 Å². The van der Waals surface area contributed by atoms with Crippen molar-refractivity contribution in [3.05, 3.63) is 52.5 Å². The van der Waals surface area contributed by atoms with Crippen LogP contribution >= 0.6 is 11.6 Å². The van der Waals surface area contributed by atoms with Gasteiger partial charge in [0.25, 0.3) is 0 Å². The molecule has 0 heterocycles. The zero-order chi connectivity index (χ0) is 21.3. The summed E-state index contributed by atoms with van der Waals surface area (Å²) in [5, 5.41) is 9.88. The van der Waals surface area contributed by atoms with Crippen molar-refractivity contribution in [2.24, 2.45) is 11.8 Å². The Morgan fingerprint density at radius 3 is 2.31 bits per heavy atom. The highest BCUT2D eigenvalue weighted by Gasteiger charge is 2.31. The Labute approximate surface area is 172 Å². The average molecular weight is 427 g/mol. The normalized spacial score (nSPS) is 15.4. The first kappa shape index (κ1) is 21.5. The number of hydrogen-bond acceptors (Lipinski definition) is 2. The fourth-order valence-electron chi connectivity index (χ4n) is 3.29. The van der Waals surface area contributed by atoms with Gasteiger partial charge < -0.3 is 9.84 Å². The second-order valence-electron chi connectivity index (χ2n) is 7.77. The van der Waals surface area contributed by atoms with Crippen LogP contribution in [0, 0.1) is 11.8 Å². The molecule has 1 atom stereocenters. The summed E-state index contributed by atoms with van der Waals surface area (Å²) in [5.74, 6) is -1.15. The lowest BCUT2D eigenvalue weighted by Crippen LogP contribution is -2.17. The second kappa shape index (κ2) is 8.27. The maximum Gasteiger partial charge on any atom is 0.416 e. The van der Waals surface area contributed by atoms with Gasteiger partial charge in [0.05, 0.1) is 23.1 Å². The van der Waals surface area contributed by atoms with Crippen molar-refractivity contribution in [2.45, 2.75) is 38.8 Å². The van der Waals surface area contributed by atoms with Crippen molar-refractivity contribution in [2.75, 3.05) is 6.61 Å². The minimum atomic E-state index is -4.44. The minimum absolute atomic E-state index is 0.192. The van der Waals surface area contributed by atoms with Crippen molar-refractivity contribution in [1.29, 1.82) is 0 Å². The smallest absolute Gasteiger partial charge is 0.416 e. The SMILES string of the molecule is CC(C)C(C(=O)O)c1cc(Cl)c(OCC2CC2)c(-c2ccc(C(F)(F)F)cc2)c1. The average Bonchev–Trinajstić information content (AvgIpc) is 3.43. The Kier molecular flexibility index (Phi) is 6.13. The summed E-state index contributed by atoms with van der Waals surface area (Å²) in [6, 6.07) is 7.95. The molecule has 2 aromatic carbocycles. The largest absolute Gasteiger partial charge is 0.491 e. The van der Waals surface area contributed by atoms with Crippen molar-refractivity contribution in [3.8, 4) is 16.9 Å². The Balaban J connectivity index is 2.08. The number of carboxylic acids is 1. The van der Waals surface area contributed by atoms with E-state index >= 15 is 0 Å². The second-order valence-corrected chi connectivity index (χ2v) is 8.18. The van der Waals surface area contributed by atoms with Crippen LogP contribution in [0.25, 0.3) is 11.1 Å². The third-order valence-corrected chi connectivity index (χ3v) is 5.32. The molecule has 0 amide bonds. The van der Waals surface area contributed by atoms with E-state index in [9.17, 15) is 23.1 Å². The Morgan fingerprint density at radius 2 is 1.83 bits per heavy atom. The number of aliphatic carboxylic acids is 1. The van der Waals surface area contributed by atoms with Gasteiger partial charge >= 0.3 is 12.1 Å². The molecule has 29 heavy (non-hydrogen) atoms. The van der Waals surface area contributed by atoms with E-state index in [0.717, 1.165) is 25.0 Å². The summed E-state index contributed by atoms with van der Waals surface area (Å²) in [6.45, 7) is 4.06. The van der Waals surface area contributed by atoms with E-state index in [0.29, 0.717) is 35.0 Å². The van der Waals surface area contributed by atoms with E-state index in [-0.39, 0.29) is 10.9 Å². The molecule has 0 aliphatic heterocycles. The summed E-state index contributed by atoms with van der Waals surface area (Å²) in [7, 11) is 0. The fourth-order valence-corrected chi connectivity index (χ4v) is 3.57. The predicted octanol–water partition coefficient (Wildman–Crippen LogP) is 6.64. The van der Waals surface area contributed by atoms with E-state index in [1.807, 2.05) is 0 Å². The van der Waals surface area contributed by atoms with E-state index < -0.39 is 23.6 Å². The molecule has 3 rings (SSSR count). The van der Waals surface area contributed by atoms with Crippen LogP contribution in [0.15, 0.2) is 36.4 Å². The number of benzene rings is 2. The molecule has 0 spiro atoms. The third kappa shape index (κ3) is 5.04. The molecule has 3 nitrogen and oxygen atoms in total. The van der Waals surface area contributed by atoms with Crippen molar-refractivity contribution < 1.29 is 27.8 Å². The molecule has 1 N–H and O–H groups in total. The van der Waals surface area contributed by atoms with Crippen LogP contribution in [0.4, 0.5) is 13.2 Å². The van der Waals surface area contributed by atoms with Crippen molar-refractivity contribution in [1.82, 2.24) is 0 Å². The quantitative estimate of drug-likeness (QED) is 0.539. The van der Waals surface area contributed by atoms with Gasteiger partial charge in [-0.15, -0.1) is 0 Å². The summed E-state index contributed by atoms with van der Waals surface area (Å²) < 4.78 is 44.7. The Bertz CT molecular complexity index is 887. The number of halogens is 4. The molecule has 1 saturated carbocycles. The van der Waals surface area contributed by atoms with Gasteiger partial charge in [0.2, 0.25) is 0 Å². The summed E-state index contributed by atoms with van der Waals surface area (Å²) in [5.41, 5.74) is 0.718. The molecule has 1 fully saturated rings. The van der Waals surface area contributed by atoms with Gasteiger partial charge in [0.1, 0.15) is 5.75 Å². The van der Waals surface area contributed by atoms with Gasteiger partial charge in [-0.05, 0) is 60.1 Å². The van der Waals surface area contributed by atoms with E-state index in [2.05, 4.69) is 0 Å². The molecule has 1 unspecified atom stereocenters. The number of carboxylic acid groups (broad SMARTS) is 1. The van der Waals surface area contributed by atoms with Gasteiger partial charge in [-0.2, -0.15) is 13.2 Å². The topological polar surface area (TPSA) is 46.5 Å². The van der Waals surface area contributed by atoms with Gasteiger partial charge in [0, 0.05) is 5.56 Å². The highest BCUT2D eigenvalue weighted by atomic mass is 35.5. The summed E-state index contributed by atoms with van der Waals surface area (Å²) >= 11 is 6.45. The van der Waals surface area contributed by atoms with E-state index in [1.165, 1.54) is 12.1 Å². The van der Waals surface area contributed by atoms with Crippen LogP contribution in [-0.2, 0) is 11.0 Å². The first-order valence-electron chi connectivity index (χ1n) is 9.44. The molecule has 0 saturated heterocycles. The van der Waals surface area contributed by atoms with E-state index in [1.54, 1.807) is 26.0 Å². The molecular formula is C22H22ClF3O3. The summed E-state index contributed by atoms with van der Waals surface area (Å²) in [6.07, 6.45) is -2.30. The molecule has 0 radical (unpaired) electrons. The zero-order valence-corrected chi connectivity index (χ0v) is 16.8. The van der Waals surface area contributed by atoms with Crippen LogP contribution in [0.2, 0.25) is 5.02 Å². The van der Waals surface area contributed by atoms with Crippen LogP contribution in [0.1, 0.15) is 43.7 Å². The number of rotatable bonds is 7. The molecule has 1 aliphatic carbocycles. The van der Waals surface area contributed by atoms with Crippen molar-refractivity contribution in [3.63, 3.8) is 0 Å². The lowest BCUT2D eigenvalue weighted by Gasteiger charge is -2.21. The molecule has 0 bridgehead atoms. The maximum absolute atomic E-state index is 12.9. The molecule has 2 aromatic rings. The number of carbonyl (C=O) groups is 1. The van der Waals surface area contributed by atoms with Crippen LogP contribution < -0.4 is 4.74 Å². The maximum atomic E-state index is 12.9. The number of ether oxygens (including phenoxy) is 1. The molecular weight excluding hydrogens is 405 g/mol. The highest BCUT2D eigenvalue weighted by molar-refractivity contribution is 6.32. The third-order valence-electron chi connectivity index (χ3n) is 5.04. The van der Waals surface area contributed by atoms with Crippen LogP contribution in [0.3, 0.4) is 0 Å². The Morgan fingerprint density at radius 1 is 1.21 bits per heavy atom. The minimum Gasteiger partial charge on any atom is -0.491 e.